The van der Waals surface area contributed by atoms with Crippen molar-refractivity contribution in [3.05, 3.63) is 248 Å². The molecule has 5 N–H and O–H groups in total. The first-order valence-electron chi connectivity index (χ1n) is 22.8. The smallest absolute Gasteiger partial charge is 0.416 e. The largest absolute Gasteiger partial charge is 0.509 e. The standard InChI is InChI=1S/C55H44N4O2.C5H8O3/c1-38-35-40(47-27-16-30-53-54(47)48-26-12-14-29-52(48)59(53)55(60)61)33-34-57(51-28-13-11-25-46(38)51)43-23-15-24-44(36-43)58(42-21-9-4-10-22-42)45-31-32-50(56-41-19-7-3-8-20-41)49(37-45)39-17-5-2-6-18-39;1-3(6)5(8)4(2)7/h2-12,14-27,29-37,46,51,56H,1,13,28H2,(H,60,61);6-8H,1H2,2H3/b34-33-,40-35+;5-4-. The molecule has 1 aliphatic carbocycles. The van der Waals surface area contributed by atoms with Crippen LogP contribution in [0.15, 0.2) is 242 Å². The fourth-order valence-corrected chi connectivity index (χ4v) is 9.37. The number of benzene rings is 7. The highest BCUT2D eigenvalue weighted by Crippen LogP contribution is 2.44. The monoisotopic (exact) mass is 908 g/mol. The van der Waals surface area contributed by atoms with Crippen molar-refractivity contribution in [1.82, 2.24) is 4.57 Å². The number of nitrogens with zero attached hydrogens (tertiary/aromatic N) is 3. The maximum absolute atomic E-state index is 12.6. The number of nitrogens with one attached hydrogen (secondary N) is 1. The van der Waals surface area contributed by atoms with Gasteiger partial charge in [-0.15, -0.1) is 0 Å². The Balaban J connectivity index is 0.000000683. The lowest BCUT2D eigenvalue weighted by atomic mass is 9.81. The average molecular weight is 909 g/mol. The number of aliphatic hydroxyl groups excluding tert-OH is 3. The number of para-hydroxylation sites is 3. The van der Waals surface area contributed by atoms with Crippen LogP contribution in [0.1, 0.15) is 25.3 Å². The molecule has 2 unspecified atom stereocenters. The zero-order valence-electron chi connectivity index (χ0n) is 38.2. The minimum atomic E-state index is -1.00. The third-order valence-corrected chi connectivity index (χ3v) is 12.5. The van der Waals surface area contributed by atoms with E-state index >= 15 is 0 Å². The molecule has 1 aromatic heterocycles. The van der Waals surface area contributed by atoms with Gasteiger partial charge >= 0.3 is 6.09 Å². The van der Waals surface area contributed by atoms with E-state index in [0.29, 0.717) is 11.0 Å². The van der Waals surface area contributed by atoms with E-state index in [0.717, 1.165) is 85.6 Å². The molecule has 0 bridgehead atoms. The van der Waals surface area contributed by atoms with Gasteiger partial charge in [0.2, 0.25) is 0 Å². The maximum Gasteiger partial charge on any atom is 0.416 e. The fraction of sp³-hybridized carbons (Fsp3) is 0.0833. The summed E-state index contributed by atoms with van der Waals surface area (Å²) in [5.41, 5.74) is 12.8. The van der Waals surface area contributed by atoms with Gasteiger partial charge in [-0.3, -0.25) is 0 Å². The van der Waals surface area contributed by atoms with Crippen LogP contribution < -0.4 is 15.1 Å². The number of rotatable bonds is 9. The summed E-state index contributed by atoms with van der Waals surface area (Å²) in [5.74, 6) is -1.35. The lowest BCUT2D eigenvalue weighted by Gasteiger charge is -2.39. The molecule has 8 aromatic rings. The third-order valence-electron chi connectivity index (χ3n) is 12.5. The molecule has 0 fully saturated rings. The van der Waals surface area contributed by atoms with Crippen LogP contribution in [0.25, 0.3) is 38.5 Å². The predicted molar refractivity (Wildman–Crippen MR) is 283 cm³/mol. The Morgan fingerprint density at radius 1 is 0.696 bits per heavy atom. The Morgan fingerprint density at radius 2 is 1.35 bits per heavy atom. The van der Waals surface area contributed by atoms with Crippen LogP contribution in [-0.2, 0) is 0 Å². The Labute approximate surface area is 401 Å². The van der Waals surface area contributed by atoms with Crippen molar-refractivity contribution in [2.45, 2.75) is 25.8 Å². The third kappa shape index (κ3) is 9.39. The number of aromatic nitrogens is 1. The van der Waals surface area contributed by atoms with Gasteiger partial charge in [-0.25, -0.2) is 9.36 Å². The second kappa shape index (κ2) is 19.9. The molecular weight excluding hydrogens is 857 g/mol. The van der Waals surface area contributed by atoms with E-state index in [9.17, 15) is 9.90 Å². The van der Waals surface area contributed by atoms with E-state index in [2.05, 4.69) is 180 Å². The van der Waals surface area contributed by atoms with Crippen molar-refractivity contribution in [2.75, 3.05) is 15.1 Å². The van der Waals surface area contributed by atoms with E-state index in [1.807, 2.05) is 54.6 Å². The van der Waals surface area contributed by atoms with Gasteiger partial charge in [0.15, 0.2) is 11.5 Å². The summed E-state index contributed by atoms with van der Waals surface area (Å²) in [6.07, 6.45) is 12.1. The van der Waals surface area contributed by atoms with Crippen molar-refractivity contribution >= 4 is 67.6 Å². The lowest BCUT2D eigenvalue weighted by molar-refractivity contribution is 0.198. The van der Waals surface area contributed by atoms with E-state index < -0.39 is 17.6 Å². The number of hydrogen-bond donors (Lipinski definition) is 5. The normalized spacial score (nSPS) is 17.0. The predicted octanol–water partition coefficient (Wildman–Crippen LogP) is 15.9. The van der Waals surface area contributed by atoms with Crippen molar-refractivity contribution in [3.63, 3.8) is 0 Å². The first-order valence-corrected chi connectivity index (χ1v) is 22.8. The molecule has 2 atom stereocenters. The molecule has 0 amide bonds. The van der Waals surface area contributed by atoms with Gasteiger partial charge in [-0.2, -0.15) is 0 Å². The summed E-state index contributed by atoms with van der Waals surface area (Å²) in [6, 6.07) is 60.7. The molecule has 0 saturated heterocycles. The van der Waals surface area contributed by atoms with E-state index in [1.165, 1.54) is 11.5 Å². The molecule has 2 aliphatic rings. The Kier molecular flexibility index (Phi) is 13.0. The fourth-order valence-electron chi connectivity index (χ4n) is 9.37. The first kappa shape index (κ1) is 45.2. The average Bonchev–Trinajstić information content (AvgIpc) is 3.72. The Hall–Kier alpha value is -8.95. The zero-order valence-corrected chi connectivity index (χ0v) is 38.2. The molecule has 1 aliphatic heterocycles. The minimum Gasteiger partial charge on any atom is -0.509 e. The van der Waals surface area contributed by atoms with Gasteiger partial charge in [0.1, 0.15) is 5.76 Å². The molecule has 0 spiro atoms. The van der Waals surface area contributed by atoms with Gasteiger partial charge in [-0.1, -0.05) is 135 Å². The quantitative estimate of drug-likeness (QED) is 0.0552. The van der Waals surface area contributed by atoms with Gasteiger partial charge in [0, 0.05) is 68.6 Å². The van der Waals surface area contributed by atoms with Crippen LogP contribution in [0.5, 0.6) is 0 Å². The number of fused-ring (bicyclic) bond motifs is 4. The maximum atomic E-state index is 12.6. The van der Waals surface area contributed by atoms with Crippen LogP contribution in [0, 0.1) is 5.92 Å². The number of hydrogen-bond acceptors (Lipinski definition) is 7. The second-order valence-electron chi connectivity index (χ2n) is 17.0. The molecule has 9 nitrogen and oxygen atoms in total. The van der Waals surface area contributed by atoms with Crippen molar-refractivity contribution in [1.29, 1.82) is 0 Å². The molecule has 2 heterocycles. The summed E-state index contributed by atoms with van der Waals surface area (Å²) in [4.78, 5) is 17.4. The number of carbonyl (C=O) groups is 1. The van der Waals surface area contributed by atoms with Gasteiger partial charge in [-0.05, 0) is 121 Å². The van der Waals surface area contributed by atoms with E-state index in [4.69, 9.17) is 15.3 Å². The van der Waals surface area contributed by atoms with Crippen molar-refractivity contribution in [2.24, 2.45) is 5.92 Å². The highest BCUT2D eigenvalue weighted by molar-refractivity contribution is 6.16. The molecule has 7 aromatic carbocycles. The van der Waals surface area contributed by atoms with E-state index in [-0.39, 0.29) is 17.7 Å². The van der Waals surface area contributed by atoms with Crippen LogP contribution in [0.4, 0.5) is 38.9 Å². The number of allylic oxidation sites excluding steroid dienone is 5. The SMILES string of the molecule is C=C(O)/C(O)=C(\C)O.C=C1/C=C(c2cccc3c2c2ccccc2n3C(=O)O)\C=C/N(c2cccc(N(c3ccccc3)c3ccc(Nc4ccccc4)c(-c4ccccc4)c3)c2)C2CCC=CC12. The van der Waals surface area contributed by atoms with Crippen LogP contribution in [-0.4, -0.2) is 37.1 Å². The summed E-state index contributed by atoms with van der Waals surface area (Å²) < 4.78 is 1.39. The first-order chi connectivity index (χ1) is 33.6. The number of aliphatic hydroxyl groups is 3. The Bertz CT molecular complexity index is 3330. The van der Waals surface area contributed by atoms with Crippen molar-refractivity contribution < 1.29 is 25.2 Å². The summed E-state index contributed by atoms with van der Waals surface area (Å²) in [7, 11) is 0. The van der Waals surface area contributed by atoms with Gasteiger partial charge < -0.3 is 35.5 Å². The molecule has 0 radical (unpaired) electrons. The van der Waals surface area contributed by atoms with Crippen LogP contribution in [0.3, 0.4) is 0 Å². The van der Waals surface area contributed by atoms with E-state index in [1.54, 1.807) is 0 Å². The number of carboxylic acid groups (broad SMARTS) is 1. The molecule has 0 saturated carbocycles. The van der Waals surface area contributed by atoms with Crippen LogP contribution in [0.2, 0.25) is 0 Å². The molecule has 69 heavy (non-hydrogen) atoms. The number of anilines is 6. The second-order valence-corrected chi connectivity index (χ2v) is 17.0. The summed E-state index contributed by atoms with van der Waals surface area (Å²) in [6.45, 7) is 8.88. The zero-order chi connectivity index (χ0) is 48.0. The topological polar surface area (TPSA) is 121 Å². The summed E-state index contributed by atoms with van der Waals surface area (Å²) >= 11 is 0. The molecule has 10 rings (SSSR count). The summed E-state index contributed by atoms with van der Waals surface area (Å²) in [5, 5.41) is 41.0. The lowest BCUT2D eigenvalue weighted by Crippen LogP contribution is -2.39. The highest BCUT2D eigenvalue weighted by Gasteiger charge is 2.31. The van der Waals surface area contributed by atoms with Gasteiger partial charge in [0.25, 0.3) is 0 Å². The van der Waals surface area contributed by atoms with Gasteiger partial charge in [0.05, 0.1) is 11.0 Å². The molecule has 9 heteroatoms. The molecular formula is C60H52N4O5. The minimum absolute atomic E-state index is 0.0697. The molecule has 342 valence electrons. The Morgan fingerprint density at radius 3 is 2.06 bits per heavy atom. The van der Waals surface area contributed by atoms with Crippen LogP contribution >= 0.6 is 0 Å². The van der Waals surface area contributed by atoms with Crippen molar-refractivity contribution in [3.8, 4) is 11.1 Å². The highest BCUT2D eigenvalue weighted by atomic mass is 16.4.